The van der Waals surface area contributed by atoms with Crippen LogP contribution < -0.4 is 5.73 Å². The summed E-state index contributed by atoms with van der Waals surface area (Å²) in [5, 5.41) is 0. The molecule has 19 heavy (non-hydrogen) atoms. The lowest BCUT2D eigenvalue weighted by Crippen LogP contribution is -2.42. The molecule has 1 fully saturated rings. The normalized spacial score (nSPS) is 23.1. The number of carbonyl (C=O) groups excluding carboxylic acids is 1. The number of nitrogens with two attached hydrogens (primary N) is 1. The van der Waals surface area contributed by atoms with E-state index in [1.807, 2.05) is 17.0 Å². The number of carbonyl (C=O) groups is 1. The Labute approximate surface area is 115 Å². The molecule has 2 rings (SSSR count). The van der Waals surface area contributed by atoms with E-state index < -0.39 is 0 Å². The van der Waals surface area contributed by atoms with Crippen molar-refractivity contribution in [1.29, 1.82) is 0 Å². The van der Waals surface area contributed by atoms with Crippen molar-refractivity contribution in [2.45, 2.75) is 39.2 Å². The van der Waals surface area contributed by atoms with E-state index in [9.17, 15) is 4.79 Å². The van der Waals surface area contributed by atoms with Gasteiger partial charge in [0.15, 0.2) is 0 Å². The zero-order valence-electron chi connectivity index (χ0n) is 12.1. The van der Waals surface area contributed by atoms with Gasteiger partial charge in [-0.1, -0.05) is 32.9 Å². The van der Waals surface area contributed by atoms with E-state index in [-0.39, 0.29) is 11.9 Å². The molecule has 0 aromatic heterocycles. The highest BCUT2D eigenvalue weighted by Crippen LogP contribution is 2.25. The van der Waals surface area contributed by atoms with E-state index in [0.717, 1.165) is 18.5 Å². The van der Waals surface area contributed by atoms with Crippen LogP contribution >= 0.6 is 0 Å². The molecule has 2 unspecified atom stereocenters. The molecular formula is C16H24N2O. The molecule has 1 heterocycles. The van der Waals surface area contributed by atoms with Crippen molar-refractivity contribution < 1.29 is 4.79 Å². The van der Waals surface area contributed by atoms with Crippen molar-refractivity contribution in [1.82, 2.24) is 4.90 Å². The van der Waals surface area contributed by atoms with Crippen LogP contribution in [-0.4, -0.2) is 29.9 Å². The Balaban J connectivity index is 2.15. The fraction of sp³-hybridized carbons (Fsp3) is 0.562. The lowest BCUT2D eigenvalue weighted by Gasteiger charge is -2.26. The number of nitrogens with zero attached hydrogens (tertiary/aromatic N) is 1. The molecular weight excluding hydrogens is 236 g/mol. The van der Waals surface area contributed by atoms with E-state index >= 15 is 0 Å². The molecule has 0 spiro atoms. The molecule has 0 radical (unpaired) electrons. The van der Waals surface area contributed by atoms with Crippen molar-refractivity contribution in [3.63, 3.8) is 0 Å². The first-order valence-electron chi connectivity index (χ1n) is 7.15. The Kier molecular flexibility index (Phi) is 4.25. The van der Waals surface area contributed by atoms with Crippen LogP contribution in [0.2, 0.25) is 0 Å². The molecule has 1 saturated heterocycles. The van der Waals surface area contributed by atoms with Crippen LogP contribution in [0.5, 0.6) is 0 Å². The van der Waals surface area contributed by atoms with E-state index in [0.29, 0.717) is 18.4 Å². The van der Waals surface area contributed by atoms with Crippen LogP contribution in [0.3, 0.4) is 0 Å². The fourth-order valence-corrected chi connectivity index (χ4v) is 2.80. The molecule has 3 nitrogen and oxygen atoms in total. The van der Waals surface area contributed by atoms with Crippen LogP contribution in [0.15, 0.2) is 24.3 Å². The molecule has 1 aliphatic rings. The maximum Gasteiger partial charge on any atom is 0.254 e. The number of hydrogen-bond acceptors (Lipinski definition) is 2. The highest BCUT2D eigenvalue weighted by Gasteiger charge is 2.33. The van der Waals surface area contributed by atoms with E-state index in [2.05, 4.69) is 32.9 Å². The summed E-state index contributed by atoms with van der Waals surface area (Å²) in [5.41, 5.74) is 7.84. The summed E-state index contributed by atoms with van der Waals surface area (Å²) in [5.74, 6) is 1.12. The molecule has 104 valence electrons. The quantitative estimate of drug-likeness (QED) is 0.908. The predicted molar refractivity (Wildman–Crippen MR) is 78.2 cm³/mol. The maximum absolute atomic E-state index is 12.5. The lowest BCUT2D eigenvalue weighted by molar-refractivity contribution is 0.0727. The van der Waals surface area contributed by atoms with Crippen molar-refractivity contribution in [3.8, 4) is 0 Å². The molecule has 0 saturated carbocycles. The zero-order valence-corrected chi connectivity index (χ0v) is 12.1. The highest BCUT2D eigenvalue weighted by molar-refractivity contribution is 5.94. The molecule has 3 heteroatoms. The third-order valence-electron chi connectivity index (χ3n) is 4.21. The predicted octanol–water partition coefficient (Wildman–Crippen LogP) is 2.62. The first kappa shape index (κ1) is 14.1. The van der Waals surface area contributed by atoms with Crippen molar-refractivity contribution in [3.05, 3.63) is 35.4 Å². The Morgan fingerprint density at radius 3 is 2.53 bits per heavy atom. The van der Waals surface area contributed by atoms with Gasteiger partial charge < -0.3 is 10.6 Å². The number of rotatable bonds is 3. The molecule has 1 aromatic rings. The Hall–Kier alpha value is -1.35. The molecule has 1 amide bonds. The largest absolute Gasteiger partial charge is 0.334 e. The standard InChI is InChI=1S/C16H24N2O/c1-11(2)13-4-6-14(7-5-13)16(19)18-9-8-12(3)15(18)10-17/h4-7,11-12,15H,8-10,17H2,1-3H3. The molecule has 2 N–H and O–H groups in total. The Bertz CT molecular complexity index is 439. The average Bonchev–Trinajstić information content (AvgIpc) is 2.79. The van der Waals surface area contributed by atoms with Gasteiger partial charge in [0, 0.05) is 24.7 Å². The Morgan fingerprint density at radius 2 is 2.00 bits per heavy atom. The molecule has 1 aliphatic heterocycles. The number of hydrogen-bond donors (Lipinski definition) is 1. The summed E-state index contributed by atoms with van der Waals surface area (Å²) in [6.07, 6.45) is 1.05. The van der Waals surface area contributed by atoms with Crippen LogP contribution in [-0.2, 0) is 0 Å². The third kappa shape index (κ3) is 2.81. The number of amides is 1. The van der Waals surface area contributed by atoms with Gasteiger partial charge in [-0.2, -0.15) is 0 Å². The van der Waals surface area contributed by atoms with Gasteiger partial charge in [0.1, 0.15) is 0 Å². The van der Waals surface area contributed by atoms with Crippen LogP contribution in [0.1, 0.15) is 49.0 Å². The van der Waals surface area contributed by atoms with Crippen molar-refractivity contribution >= 4 is 5.91 Å². The maximum atomic E-state index is 12.5. The molecule has 1 aromatic carbocycles. The van der Waals surface area contributed by atoms with E-state index in [1.54, 1.807) is 0 Å². The van der Waals surface area contributed by atoms with Gasteiger partial charge in [0.2, 0.25) is 0 Å². The second kappa shape index (κ2) is 5.74. The molecule has 0 bridgehead atoms. The first-order chi connectivity index (χ1) is 9.04. The summed E-state index contributed by atoms with van der Waals surface area (Å²) in [6, 6.07) is 8.17. The van der Waals surface area contributed by atoms with Gasteiger partial charge in [-0.3, -0.25) is 4.79 Å². The van der Waals surface area contributed by atoms with Gasteiger partial charge in [0.25, 0.3) is 5.91 Å². The zero-order chi connectivity index (χ0) is 14.0. The summed E-state index contributed by atoms with van der Waals surface area (Å²) >= 11 is 0. The second-order valence-corrected chi connectivity index (χ2v) is 5.84. The SMILES string of the molecule is CC(C)c1ccc(C(=O)N2CCC(C)C2CN)cc1. The summed E-state index contributed by atoms with van der Waals surface area (Å²) < 4.78 is 0. The minimum absolute atomic E-state index is 0.120. The van der Waals surface area contributed by atoms with Crippen molar-refractivity contribution in [2.75, 3.05) is 13.1 Å². The number of likely N-dealkylation sites (tertiary alicyclic amines) is 1. The first-order valence-corrected chi connectivity index (χ1v) is 7.15. The minimum Gasteiger partial charge on any atom is -0.334 e. The topological polar surface area (TPSA) is 46.3 Å². The fourth-order valence-electron chi connectivity index (χ4n) is 2.80. The number of benzene rings is 1. The third-order valence-corrected chi connectivity index (χ3v) is 4.21. The van der Waals surface area contributed by atoms with Gasteiger partial charge in [-0.05, 0) is 36.0 Å². The minimum atomic E-state index is 0.120. The van der Waals surface area contributed by atoms with E-state index in [4.69, 9.17) is 5.73 Å². The molecule has 0 aliphatic carbocycles. The summed E-state index contributed by atoms with van der Waals surface area (Å²) in [7, 11) is 0. The summed E-state index contributed by atoms with van der Waals surface area (Å²) in [6.45, 7) is 7.87. The lowest BCUT2D eigenvalue weighted by atomic mass is 10.0. The smallest absolute Gasteiger partial charge is 0.254 e. The van der Waals surface area contributed by atoms with Gasteiger partial charge in [-0.25, -0.2) is 0 Å². The molecule has 2 atom stereocenters. The Morgan fingerprint density at radius 1 is 1.37 bits per heavy atom. The van der Waals surface area contributed by atoms with Crippen LogP contribution in [0.25, 0.3) is 0 Å². The van der Waals surface area contributed by atoms with Gasteiger partial charge in [0.05, 0.1) is 0 Å². The van der Waals surface area contributed by atoms with Gasteiger partial charge >= 0.3 is 0 Å². The van der Waals surface area contributed by atoms with E-state index in [1.165, 1.54) is 5.56 Å². The van der Waals surface area contributed by atoms with Gasteiger partial charge in [-0.15, -0.1) is 0 Å². The monoisotopic (exact) mass is 260 g/mol. The van der Waals surface area contributed by atoms with Crippen LogP contribution in [0, 0.1) is 5.92 Å². The van der Waals surface area contributed by atoms with Crippen LogP contribution in [0.4, 0.5) is 0 Å². The van der Waals surface area contributed by atoms with Crippen molar-refractivity contribution in [2.24, 2.45) is 11.7 Å². The second-order valence-electron chi connectivity index (χ2n) is 5.84. The summed E-state index contributed by atoms with van der Waals surface area (Å²) in [4.78, 5) is 14.5. The highest BCUT2D eigenvalue weighted by atomic mass is 16.2. The average molecular weight is 260 g/mol.